The monoisotopic (exact) mass is 269 g/mol. The molecule has 0 aliphatic heterocycles. The Hall–Kier alpha value is -1.10. The fraction of sp³-hybridized carbons (Fsp3) is 0.857. The van der Waals surface area contributed by atoms with Crippen LogP contribution in [0, 0.1) is 17.8 Å². The minimum absolute atomic E-state index is 0.159. The van der Waals surface area contributed by atoms with Crippen molar-refractivity contribution in [2.75, 3.05) is 6.61 Å². The number of fused-ring (bicyclic) bond motifs is 2. The highest BCUT2D eigenvalue weighted by Gasteiger charge is 2.42. The van der Waals surface area contributed by atoms with E-state index in [9.17, 15) is 9.59 Å². The van der Waals surface area contributed by atoms with Crippen molar-refractivity contribution in [3.8, 4) is 0 Å². The Labute approximate surface area is 113 Å². The van der Waals surface area contributed by atoms with Crippen molar-refractivity contribution < 1.29 is 19.4 Å². The summed E-state index contributed by atoms with van der Waals surface area (Å²) in [5.74, 6) is 0.939. The molecule has 2 rings (SSSR count). The first kappa shape index (κ1) is 14.3. The van der Waals surface area contributed by atoms with E-state index >= 15 is 0 Å². The maximum absolute atomic E-state index is 11.7. The molecule has 1 amide bonds. The second kappa shape index (κ2) is 5.90. The van der Waals surface area contributed by atoms with Gasteiger partial charge in [-0.15, -0.1) is 0 Å². The summed E-state index contributed by atoms with van der Waals surface area (Å²) in [5.41, 5.74) is 0. The molecule has 0 heterocycles. The van der Waals surface area contributed by atoms with Gasteiger partial charge in [0.05, 0.1) is 0 Å². The van der Waals surface area contributed by atoms with Gasteiger partial charge in [0.15, 0.2) is 6.10 Å². The molecular formula is C14H23NO4. The molecule has 0 spiro atoms. The molecule has 108 valence electrons. The molecule has 2 N–H and O–H groups in total. The topological polar surface area (TPSA) is 75.6 Å². The quantitative estimate of drug-likeness (QED) is 0.764. The summed E-state index contributed by atoms with van der Waals surface area (Å²) >= 11 is 0. The van der Waals surface area contributed by atoms with Crippen molar-refractivity contribution in [1.82, 2.24) is 5.32 Å². The zero-order valence-electron chi connectivity index (χ0n) is 11.6. The fourth-order valence-electron chi connectivity index (χ4n) is 3.58. The van der Waals surface area contributed by atoms with Gasteiger partial charge in [-0.2, -0.15) is 0 Å². The summed E-state index contributed by atoms with van der Waals surface area (Å²) in [7, 11) is 0. The number of hydrogen-bond donors (Lipinski definition) is 2. The average Bonchev–Trinajstić information content (AvgIpc) is 2.97. The van der Waals surface area contributed by atoms with Gasteiger partial charge in [-0.3, -0.25) is 4.79 Å². The lowest BCUT2D eigenvalue weighted by Crippen LogP contribution is -2.42. The SMILES string of the molecule is CC(NC(=O)CO[C@@H](C)C(=O)O)C1CC2CCC1C2. The molecule has 4 unspecified atom stereocenters. The van der Waals surface area contributed by atoms with Gasteiger partial charge in [-0.05, 0) is 50.9 Å². The van der Waals surface area contributed by atoms with Gasteiger partial charge in [-0.25, -0.2) is 4.79 Å². The van der Waals surface area contributed by atoms with Crippen LogP contribution in [0.25, 0.3) is 0 Å². The van der Waals surface area contributed by atoms with Crippen molar-refractivity contribution in [3.63, 3.8) is 0 Å². The third-order valence-electron chi connectivity index (χ3n) is 4.64. The maximum Gasteiger partial charge on any atom is 0.332 e. The Balaban J connectivity index is 1.71. The highest BCUT2D eigenvalue weighted by molar-refractivity contribution is 5.78. The second-order valence-electron chi connectivity index (χ2n) is 5.99. The first-order chi connectivity index (χ1) is 8.97. The Morgan fingerprint density at radius 2 is 2.05 bits per heavy atom. The number of amides is 1. The Bertz CT molecular complexity index is 357. The van der Waals surface area contributed by atoms with Crippen LogP contribution in [0.4, 0.5) is 0 Å². The van der Waals surface area contributed by atoms with Gasteiger partial charge in [0.25, 0.3) is 0 Å². The molecular weight excluding hydrogens is 246 g/mol. The standard InChI is InChI=1S/C14H23NO4/c1-8(12-6-10-3-4-11(12)5-10)15-13(16)7-19-9(2)14(17)18/h8-12H,3-7H2,1-2H3,(H,15,16)(H,17,18)/t8?,9-,10?,11?,12?/m0/s1. The molecule has 0 aromatic carbocycles. The van der Waals surface area contributed by atoms with Gasteiger partial charge in [-0.1, -0.05) is 6.42 Å². The zero-order chi connectivity index (χ0) is 14.0. The number of rotatable bonds is 6. The minimum Gasteiger partial charge on any atom is -0.479 e. The largest absolute Gasteiger partial charge is 0.479 e. The van der Waals surface area contributed by atoms with Crippen molar-refractivity contribution in [2.24, 2.45) is 17.8 Å². The van der Waals surface area contributed by atoms with Crippen molar-refractivity contribution >= 4 is 11.9 Å². The molecule has 2 aliphatic rings. The van der Waals surface area contributed by atoms with E-state index in [2.05, 4.69) is 5.32 Å². The molecule has 5 atom stereocenters. The Morgan fingerprint density at radius 1 is 1.32 bits per heavy atom. The molecule has 2 fully saturated rings. The molecule has 0 aromatic heterocycles. The summed E-state index contributed by atoms with van der Waals surface area (Å²) in [5, 5.41) is 11.6. The van der Waals surface area contributed by atoms with Crippen LogP contribution < -0.4 is 5.32 Å². The van der Waals surface area contributed by atoms with Crippen molar-refractivity contribution in [3.05, 3.63) is 0 Å². The lowest BCUT2D eigenvalue weighted by molar-refractivity contribution is -0.150. The first-order valence-electron chi connectivity index (χ1n) is 7.11. The number of carboxylic acid groups (broad SMARTS) is 1. The molecule has 2 bridgehead atoms. The molecule has 0 aromatic rings. The third-order valence-corrected chi connectivity index (χ3v) is 4.64. The van der Waals surface area contributed by atoms with Crippen LogP contribution in [-0.4, -0.2) is 35.7 Å². The van der Waals surface area contributed by atoms with E-state index in [0.717, 1.165) is 11.8 Å². The van der Waals surface area contributed by atoms with Crippen molar-refractivity contribution in [1.29, 1.82) is 0 Å². The molecule has 5 nitrogen and oxygen atoms in total. The summed E-state index contributed by atoms with van der Waals surface area (Å²) in [6.45, 7) is 3.29. The number of nitrogens with one attached hydrogen (secondary N) is 1. The number of ether oxygens (including phenoxy) is 1. The second-order valence-corrected chi connectivity index (χ2v) is 5.99. The molecule has 2 aliphatic carbocycles. The van der Waals surface area contributed by atoms with Crippen LogP contribution in [0.3, 0.4) is 0 Å². The Morgan fingerprint density at radius 3 is 2.58 bits per heavy atom. The Kier molecular flexibility index (Phi) is 4.45. The van der Waals surface area contributed by atoms with Gasteiger partial charge >= 0.3 is 5.97 Å². The van der Waals surface area contributed by atoms with Gasteiger partial charge in [0, 0.05) is 6.04 Å². The van der Waals surface area contributed by atoms with E-state index in [1.165, 1.54) is 32.6 Å². The fourth-order valence-corrected chi connectivity index (χ4v) is 3.58. The van der Waals surface area contributed by atoms with E-state index in [1.807, 2.05) is 6.92 Å². The van der Waals surface area contributed by atoms with Gasteiger partial charge < -0.3 is 15.2 Å². The predicted octanol–water partition coefficient (Wildman–Crippen LogP) is 1.42. The summed E-state index contributed by atoms with van der Waals surface area (Å²) in [6, 6.07) is 0.159. The number of carbonyl (C=O) groups is 2. The van der Waals surface area contributed by atoms with Crippen LogP contribution in [-0.2, 0) is 14.3 Å². The lowest BCUT2D eigenvalue weighted by Gasteiger charge is -2.28. The van der Waals surface area contributed by atoms with E-state index in [1.54, 1.807) is 0 Å². The molecule has 0 saturated heterocycles. The van der Waals surface area contributed by atoms with E-state index < -0.39 is 12.1 Å². The summed E-state index contributed by atoms with van der Waals surface area (Å²) < 4.78 is 4.98. The predicted molar refractivity (Wildman–Crippen MR) is 69.6 cm³/mol. The number of aliphatic carboxylic acids is 1. The number of carboxylic acids is 1. The van der Waals surface area contributed by atoms with E-state index in [4.69, 9.17) is 9.84 Å². The van der Waals surface area contributed by atoms with Crippen molar-refractivity contribution in [2.45, 2.75) is 51.7 Å². The molecule has 0 radical (unpaired) electrons. The van der Waals surface area contributed by atoms with Gasteiger partial charge in [0.1, 0.15) is 6.61 Å². The van der Waals surface area contributed by atoms with Crippen LogP contribution >= 0.6 is 0 Å². The highest BCUT2D eigenvalue weighted by atomic mass is 16.5. The van der Waals surface area contributed by atoms with Crippen LogP contribution in [0.15, 0.2) is 0 Å². The zero-order valence-corrected chi connectivity index (χ0v) is 11.6. The third kappa shape index (κ3) is 3.47. The van der Waals surface area contributed by atoms with Crippen LogP contribution in [0.5, 0.6) is 0 Å². The lowest BCUT2D eigenvalue weighted by atomic mass is 9.84. The highest BCUT2D eigenvalue weighted by Crippen LogP contribution is 2.49. The maximum atomic E-state index is 11.7. The number of hydrogen-bond acceptors (Lipinski definition) is 3. The van der Waals surface area contributed by atoms with Crippen LogP contribution in [0.2, 0.25) is 0 Å². The summed E-state index contributed by atoms with van der Waals surface area (Å²) in [6.07, 6.45) is 4.24. The molecule has 19 heavy (non-hydrogen) atoms. The summed E-state index contributed by atoms with van der Waals surface area (Å²) in [4.78, 5) is 22.3. The van der Waals surface area contributed by atoms with Gasteiger partial charge in [0.2, 0.25) is 5.91 Å². The molecule has 2 saturated carbocycles. The van der Waals surface area contributed by atoms with E-state index in [-0.39, 0.29) is 18.6 Å². The average molecular weight is 269 g/mol. The van der Waals surface area contributed by atoms with E-state index in [0.29, 0.717) is 5.92 Å². The normalized spacial score (nSPS) is 32.0. The minimum atomic E-state index is -1.05. The smallest absolute Gasteiger partial charge is 0.332 e. The molecule has 5 heteroatoms. The van der Waals surface area contributed by atoms with Crippen LogP contribution in [0.1, 0.15) is 39.5 Å². The number of carbonyl (C=O) groups excluding carboxylic acids is 1. The first-order valence-corrected chi connectivity index (χ1v) is 7.11.